The number of nitrogens with zero attached hydrogens (tertiary/aromatic N) is 2. The fraction of sp³-hybridized carbons (Fsp3) is 0.545. The van der Waals surface area contributed by atoms with Crippen LogP contribution >= 0.6 is 0 Å². The number of nitrogens with one attached hydrogen (secondary N) is 1. The molecule has 1 saturated heterocycles. The highest BCUT2D eigenvalue weighted by molar-refractivity contribution is 5.43. The van der Waals surface area contributed by atoms with Crippen LogP contribution in [0.15, 0.2) is 29.1 Å². The first-order valence-corrected chi connectivity index (χ1v) is 10.4. The summed E-state index contributed by atoms with van der Waals surface area (Å²) in [5, 5.41) is 0. The van der Waals surface area contributed by atoms with Crippen LogP contribution < -0.4 is 15.0 Å². The Balaban J connectivity index is 1.36. The number of unbranched alkanes of at least 4 members (excludes halogenated alkanes) is 1. The Morgan fingerprint density at radius 3 is 2.71 bits per heavy atom. The molecule has 6 nitrogen and oxygen atoms in total. The van der Waals surface area contributed by atoms with E-state index < -0.39 is 0 Å². The van der Waals surface area contributed by atoms with Gasteiger partial charge in [0.15, 0.2) is 11.5 Å². The molecule has 2 aliphatic rings. The normalized spacial score (nSPS) is 17.6. The summed E-state index contributed by atoms with van der Waals surface area (Å²) >= 11 is 0. The molecular weight excluding hydrogens is 354 g/mol. The van der Waals surface area contributed by atoms with Gasteiger partial charge in [0.05, 0.1) is 5.69 Å². The number of aryl methyl sites for hydroxylation is 1. The highest BCUT2D eigenvalue weighted by Crippen LogP contribution is 2.32. The molecule has 0 bridgehead atoms. The zero-order valence-electron chi connectivity index (χ0n) is 16.6. The maximum absolute atomic E-state index is 12.0. The van der Waals surface area contributed by atoms with E-state index in [0.29, 0.717) is 19.1 Å². The second kappa shape index (κ2) is 8.78. The predicted molar refractivity (Wildman–Crippen MR) is 108 cm³/mol. The summed E-state index contributed by atoms with van der Waals surface area (Å²) in [7, 11) is 0. The first-order valence-electron chi connectivity index (χ1n) is 10.4. The minimum atomic E-state index is -0.0187. The van der Waals surface area contributed by atoms with Gasteiger partial charge in [-0.25, -0.2) is 4.98 Å². The highest BCUT2D eigenvalue weighted by atomic mass is 16.6. The molecule has 0 unspecified atom stereocenters. The molecule has 6 heteroatoms. The van der Waals surface area contributed by atoms with E-state index in [4.69, 9.17) is 14.5 Å². The number of rotatable bonds is 6. The minimum absolute atomic E-state index is 0.0187. The minimum Gasteiger partial charge on any atom is -0.486 e. The molecule has 0 spiro atoms. The van der Waals surface area contributed by atoms with E-state index in [1.165, 1.54) is 5.56 Å². The smallest absolute Gasteiger partial charge is 0.251 e. The van der Waals surface area contributed by atoms with Crippen molar-refractivity contribution in [3.8, 4) is 11.5 Å². The molecule has 1 aromatic carbocycles. The Kier molecular flexibility index (Phi) is 5.95. The first-order chi connectivity index (χ1) is 13.7. The van der Waals surface area contributed by atoms with Crippen LogP contribution in [0.1, 0.15) is 55.6 Å². The lowest BCUT2D eigenvalue weighted by atomic mass is 9.93. The molecule has 0 saturated carbocycles. The number of ether oxygens (including phenoxy) is 2. The molecule has 2 aliphatic heterocycles. The van der Waals surface area contributed by atoms with Crippen molar-refractivity contribution in [2.45, 2.75) is 51.5 Å². The van der Waals surface area contributed by atoms with Gasteiger partial charge >= 0.3 is 0 Å². The molecule has 1 fully saturated rings. The van der Waals surface area contributed by atoms with Crippen molar-refractivity contribution in [2.75, 3.05) is 26.3 Å². The lowest BCUT2D eigenvalue weighted by Crippen LogP contribution is -2.33. The fourth-order valence-corrected chi connectivity index (χ4v) is 4.03. The molecule has 0 atom stereocenters. The van der Waals surface area contributed by atoms with E-state index in [9.17, 15) is 4.79 Å². The standard InChI is InChI=1S/C22H29N3O3/c1-2-3-4-21-23-18(14-22(26)24-21)17-7-9-25(10-8-17)15-16-5-6-19-20(13-16)28-12-11-27-19/h5-6,13-14,17H,2-4,7-12,15H2,1H3,(H,23,24,26). The van der Waals surface area contributed by atoms with Crippen molar-refractivity contribution in [3.05, 3.63) is 51.7 Å². The number of hydrogen-bond acceptors (Lipinski definition) is 5. The molecule has 0 aliphatic carbocycles. The van der Waals surface area contributed by atoms with E-state index in [0.717, 1.165) is 74.8 Å². The third kappa shape index (κ3) is 4.55. The number of likely N-dealkylation sites (tertiary alicyclic amines) is 1. The second-order valence-electron chi connectivity index (χ2n) is 7.75. The Bertz CT molecular complexity index is 856. The summed E-state index contributed by atoms with van der Waals surface area (Å²) in [6.07, 6.45) is 5.08. The summed E-state index contributed by atoms with van der Waals surface area (Å²) in [6.45, 7) is 6.32. The van der Waals surface area contributed by atoms with Gasteiger partial charge in [-0.3, -0.25) is 9.69 Å². The number of fused-ring (bicyclic) bond motifs is 1. The number of aromatic nitrogens is 2. The number of piperidine rings is 1. The molecule has 4 rings (SSSR count). The third-order valence-corrected chi connectivity index (χ3v) is 5.60. The molecule has 0 radical (unpaired) electrons. The van der Waals surface area contributed by atoms with Gasteiger partial charge in [0, 0.05) is 24.9 Å². The van der Waals surface area contributed by atoms with Crippen LogP contribution in [0.4, 0.5) is 0 Å². The zero-order chi connectivity index (χ0) is 19.3. The van der Waals surface area contributed by atoms with Crippen molar-refractivity contribution in [1.29, 1.82) is 0 Å². The number of hydrogen-bond donors (Lipinski definition) is 1. The molecule has 2 aromatic rings. The molecule has 150 valence electrons. The maximum Gasteiger partial charge on any atom is 0.251 e. The van der Waals surface area contributed by atoms with Crippen LogP contribution in [0.2, 0.25) is 0 Å². The van der Waals surface area contributed by atoms with E-state index in [2.05, 4.69) is 28.9 Å². The molecule has 1 aromatic heterocycles. The van der Waals surface area contributed by atoms with Gasteiger partial charge in [-0.05, 0) is 50.0 Å². The van der Waals surface area contributed by atoms with Gasteiger partial charge in [-0.15, -0.1) is 0 Å². The Morgan fingerprint density at radius 2 is 1.93 bits per heavy atom. The summed E-state index contributed by atoms with van der Waals surface area (Å²) in [5.74, 6) is 2.90. The van der Waals surface area contributed by atoms with Crippen molar-refractivity contribution in [2.24, 2.45) is 0 Å². The maximum atomic E-state index is 12.0. The zero-order valence-corrected chi connectivity index (χ0v) is 16.6. The lowest BCUT2D eigenvalue weighted by Gasteiger charge is -2.32. The van der Waals surface area contributed by atoms with Crippen LogP contribution in [-0.4, -0.2) is 41.2 Å². The quantitative estimate of drug-likeness (QED) is 0.829. The molecule has 1 N–H and O–H groups in total. The van der Waals surface area contributed by atoms with Crippen molar-refractivity contribution < 1.29 is 9.47 Å². The van der Waals surface area contributed by atoms with Crippen LogP contribution in [0.25, 0.3) is 0 Å². The summed E-state index contributed by atoms with van der Waals surface area (Å²) in [4.78, 5) is 22.1. The van der Waals surface area contributed by atoms with Gasteiger partial charge < -0.3 is 14.5 Å². The molecular formula is C22H29N3O3. The Hall–Kier alpha value is -2.34. The Labute approximate surface area is 165 Å². The molecule has 0 amide bonds. The first kappa shape index (κ1) is 19.0. The lowest BCUT2D eigenvalue weighted by molar-refractivity contribution is 0.170. The van der Waals surface area contributed by atoms with Gasteiger partial charge in [0.2, 0.25) is 0 Å². The van der Waals surface area contributed by atoms with E-state index in [-0.39, 0.29) is 5.56 Å². The average Bonchev–Trinajstić information content (AvgIpc) is 2.72. The van der Waals surface area contributed by atoms with E-state index in [1.807, 2.05) is 6.07 Å². The van der Waals surface area contributed by atoms with Crippen LogP contribution in [0.5, 0.6) is 11.5 Å². The van der Waals surface area contributed by atoms with Gasteiger partial charge in [0.25, 0.3) is 5.56 Å². The van der Waals surface area contributed by atoms with Crippen LogP contribution in [0, 0.1) is 0 Å². The van der Waals surface area contributed by atoms with E-state index >= 15 is 0 Å². The highest BCUT2D eigenvalue weighted by Gasteiger charge is 2.23. The summed E-state index contributed by atoms with van der Waals surface area (Å²) < 4.78 is 11.3. The van der Waals surface area contributed by atoms with Gasteiger partial charge in [-0.2, -0.15) is 0 Å². The van der Waals surface area contributed by atoms with E-state index in [1.54, 1.807) is 6.07 Å². The second-order valence-corrected chi connectivity index (χ2v) is 7.75. The number of benzene rings is 1. The van der Waals surface area contributed by atoms with Crippen molar-refractivity contribution in [3.63, 3.8) is 0 Å². The number of aromatic amines is 1. The van der Waals surface area contributed by atoms with Gasteiger partial charge in [-0.1, -0.05) is 19.4 Å². The largest absolute Gasteiger partial charge is 0.486 e. The fourth-order valence-electron chi connectivity index (χ4n) is 4.03. The van der Waals surface area contributed by atoms with Crippen molar-refractivity contribution in [1.82, 2.24) is 14.9 Å². The molecule has 28 heavy (non-hydrogen) atoms. The summed E-state index contributed by atoms with van der Waals surface area (Å²) in [6, 6.07) is 7.92. The monoisotopic (exact) mass is 383 g/mol. The predicted octanol–water partition coefficient (Wildman–Crippen LogP) is 3.26. The third-order valence-electron chi connectivity index (χ3n) is 5.60. The van der Waals surface area contributed by atoms with Crippen molar-refractivity contribution >= 4 is 0 Å². The Morgan fingerprint density at radius 1 is 1.14 bits per heavy atom. The van der Waals surface area contributed by atoms with Crippen LogP contribution in [-0.2, 0) is 13.0 Å². The van der Waals surface area contributed by atoms with Gasteiger partial charge in [0.1, 0.15) is 19.0 Å². The van der Waals surface area contributed by atoms with Crippen LogP contribution in [0.3, 0.4) is 0 Å². The molecule has 3 heterocycles. The average molecular weight is 383 g/mol. The number of H-pyrrole nitrogens is 1. The SMILES string of the molecule is CCCCc1nc(C2CCN(Cc3ccc4c(c3)OCCO4)CC2)cc(=O)[nH]1. The summed E-state index contributed by atoms with van der Waals surface area (Å²) in [5.41, 5.74) is 2.20. The topological polar surface area (TPSA) is 67.5 Å².